The molecule has 1 N–H and O–H groups in total. The number of rotatable bonds is 5. The van der Waals surface area contributed by atoms with E-state index in [1.807, 2.05) is 0 Å². The lowest BCUT2D eigenvalue weighted by atomic mass is 10.1. The second kappa shape index (κ2) is 5.52. The second-order valence-corrected chi connectivity index (χ2v) is 5.18. The molecule has 0 spiro atoms. The van der Waals surface area contributed by atoms with Gasteiger partial charge in [-0.2, -0.15) is 0 Å². The van der Waals surface area contributed by atoms with E-state index < -0.39 is 0 Å². The Kier molecular flexibility index (Phi) is 4.01. The molecule has 1 saturated carbocycles. The first-order valence-corrected chi connectivity index (χ1v) is 6.55. The van der Waals surface area contributed by atoms with Crippen LogP contribution in [0.3, 0.4) is 0 Å². The van der Waals surface area contributed by atoms with Gasteiger partial charge in [-0.25, -0.2) is 0 Å². The van der Waals surface area contributed by atoms with Crippen LogP contribution in [0.25, 0.3) is 0 Å². The van der Waals surface area contributed by atoms with Crippen LogP contribution in [-0.2, 0) is 4.79 Å². The minimum absolute atomic E-state index is 0.0160. The minimum atomic E-state index is -0.151. The normalized spacial score (nSPS) is 14.1. The summed E-state index contributed by atoms with van der Waals surface area (Å²) in [5.41, 5.74) is 0.475. The van der Waals surface area contributed by atoms with Gasteiger partial charge in [0.2, 0.25) is 5.91 Å². The first kappa shape index (κ1) is 13.1. The maximum absolute atomic E-state index is 12.0. The number of hydrogen-bond donors (Lipinski definition) is 1. The summed E-state index contributed by atoms with van der Waals surface area (Å²) < 4.78 is 5.94. The van der Waals surface area contributed by atoms with E-state index in [9.17, 15) is 9.59 Å². The van der Waals surface area contributed by atoms with Gasteiger partial charge < -0.3 is 10.1 Å². The first-order valence-electron chi connectivity index (χ1n) is 5.76. The fraction of sp³-hybridized carbons (Fsp3) is 0.385. The number of carbonyl (C=O) groups is 2. The smallest absolute Gasteiger partial charge is 0.223 e. The Morgan fingerprint density at radius 2 is 2.17 bits per heavy atom. The van der Waals surface area contributed by atoms with Crippen molar-refractivity contribution in [3.05, 3.63) is 28.2 Å². The molecule has 0 aromatic heterocycles. The van der Waals surface area contributed by atoms with Crippen LogP contribution in [0.4, 0.5) is 0 Å². The van der Waals surface area contributed by atoms with Gasteiger partial charge in [0.15, 0.2) is 5.78 Å². The predicted molar refractivity (Wildman–Crippen MR) is 70.8 cm³/mol. The van der Waals surface area contributed by atoms with Crippen LogP contribution in [0.5, 0.6) is 5.75 Å². The molecular weight excluding hydrogens is 298 g/mol. The van der Waals surface area contributed by atoms with Crippen LogP contribution in [0.2, 0.25) is 0 Å². The third-order valence-electron chi connectivity index (χ3n) is 2.83. The van der Waals surface area contributed by atoms with Crippen molar-refractivity contribution in [3.8, 4) is 5.75 Å². The molecule has 0 saturated heterocycles. The molecule has 1 fully saturated rings. The van der Waals surface area contributed by atoms with E-state index in [0.717, 1.165) is 17.3 Å². The molecule has 1 aliphatic carbocycles. The van der Waals surface area contributed by atoms with Crippen molar-refractivity contribution in [3.63, 3.8) is 0 Å². The fourth-order valence-electron chi connectivity index (χ4n) is 1.65. The SMILES string of the molecule is COc1ccc(Br)cc1C(=O)CNC(=O)C1CC1. The first-order chi connectivity index (χ1) is 8.61. The highest BCUT2D eigenvalue weighted by Gasteiger charge is 2.29. The van der Waals surface area contributed by atoms with Gasteiger partial charge >= 0.3 is 0 Å². The van der Waals surface area contributed by atoms with E-state index >= 15 is 0 Å². The molecule has 1 aromatic carbocycles. The Morgan fingerprint density at radius 1 is 1.44 bits per heavy atom. The van der Waals surface area contributed by atoms with Gasteiger partial charge in [0.1, 0.15) is 5.75 Å². The zero-order valence-corrected chi connectivity index (χ0v) is 11.6. The lowest BCUT2D eigenvalue weighted by Gasteiger charge is -2.08. The molecule has 0 heterocycles. The summed E-state index contributed by atoms with van der Waals surface area (Å²) in [7, 11) is 1.52. The van der Waals surface area contributed by atoms with Gasteiger partial charge in [-0.15, -0.1) is 0 Å². The third kappa shape index (κ3) is 3.10. The molecule has 0 aliphatic heterocycles. The Bertz CT molecular complexity index is 483. The second-order valence-electron chi connectivity index (χ2n) is 4.26. The third-order valence-corrected chi connectivity index (χ3v) is 3.33. The lowest BCUT2D eigenvalue weighted by molar-refractivity contribution is -0.122. The average molecular weight is 312 g/mol. The van der Waals surface area contributed by atoms with Crippen LogP contribution in [-0.4, -0.2) is 25.3 Å². The molecule has 0 unspecified atom stereocenters. The fourth-order valence-corrected chi connectivity index (χ4v) is 2.01. The summed E-state index contributed by atoms with van der Waals surface area (Å²) in [5, 5.41) is 2.65. The highest BCUT2D eigenvalue weighted by molar-refractivity contribution is 9.10. The van der Waals surface area contributed by atoms with Crippen LogP contribution in [0, 0.1) is 5.92 Å². The summed E-state index contributed by atoms with van der Waals surface area (Å²) in [4.78, 5) is 23.5. The molecule has 5 heteroatoms. The van der Waals surface area contributed by atoms with Crippen LogP contribution in [0.15, 0.2) is 22.7 Å². The van der Waals surface area contributed by atoms with Gasteiger partial charge in [-0.05, 0) is 31.0 Å². The van der Waals surface area contributed by atoms with E-state index in [4.69, 9.17) is 4.74 Å². The number of hydrogen-bond acceptors (Lipinski definition) is 3. The van der Waals surface area contributed by atoms with Crippen molar-refractivity contribution in [1.82, 2.24) is 5.32 Å². The number of carbonyl (C=O) groups excluding carboxylic acids is 2. The number of methoxy groups -OCH3 is 1. The van der Waals surface area contributed by atoms with Crippen LogP contribution < -0.4 is 10.1 Å². The van der Waals surface area contributed by atoms with Gasteiger partial charge in [-0.1, -0.05) is 15.9 Å². The zero-order chi connectivity index (χ0) is 13.1. The number of amides is 1. The Morgan fingerprint density at radius 3 is 2.78 bits per heavy atom. The van der Waals surface area contributed by atoms with Crippen molar-refractivity contribution >= 4 is 27.6 Å². The summed E-state index contributed by atoms with van der Waals surface area (Å²) in [6.07, 6.45) is 1.86. The van der Waals surface area contributed by atoms with E-state index in [0.29, 0.717) is 11.3 Å². The van der Waals surface area contributed by atoms with E-state index in [2.05, 4.69) is 21.2 Å². The number of ketones is 1. The number of nitrogens with one attached hydrogen (secondary N) is 1. The topological polar surface area (TPSA) is 55.4 Å². The summed E-state index contributed by atoms with van der Waals surface area (Å²) in [6.45, 7) is 0.0160. The molecule has 4 nitrogen and oxygen atoms in total. The zero-order valence-electron chi connectivity index (χ0n) is 10.0. The van der Waals surface area contributed by atoms with E-state index in [-0.39, 0.29) is 24.2 Å². The van der Waals surface area contributed by atoms with Crippen molar-refractivity contribution in [2.24, 2.45) is 5.92 Å². The van der Waals surface area contributed by atoms with Crippen molar-refractivity contribution in [2.45, 2.75) is 12.8 Å². The lowest BCUT2D eigenvalue weighted by Crippen LogP contribution is -2.30. The molecule has 96 valence electrons. The standard InChI is InChI=1S/C13H14BrNO3/c1-18-12-5-4-9(14)6-10(12)11(16)7-15-13(17)8-2-3-8/h4-6,8H,2-3,7H2,1H3,(H,15,17). The molecule has 0 bridgehead atoms. The van der Waals surface area contributed by atoms with Gasteiger partial charge in [0, 0.05) is 10.4 Å². The molecule has 18 heavy (non-hydrogen) atoms. The highest BCUT2D eigenvalue weighted by Crippen LogP contribution is 2.28. The number of benzene rings is 1. The maximum atomic E-state index is 12.0. The summed E-state index contributed by atoms with van der Waals surface area (Å²) in [6, 6.07) is 5.23. The maximum Gasteiger partial charge on any atom is 0.223 e. The average Bonchev–Trinajstić information content (AvgIpc) is 3.19. The molecule has 1 aliphatic rings. The largest absolute Gasteiger partial charge is 0.496 e. The van der Waals surface area contributed by atoms with Gasteiger partial charge in [-0.3, -0.25) is 9.59 Å². The Hall–Kier alpha value is -1.36. The summed E-state index contributed by atoms with van der Waals surface area (Å²) >= 11 is 3.31. The minimum Gasteiger partial charge on any atom is -0.496 e. The highest BCUT2D eigenvalue weighted by atomic mass is 79.9. The summed E-state index contributed by atoms with van der Waals surface area (Å²) in [5.74, 6) is 0.450. The molecule has 1 amide bonds. The number of ether oxygens (including phenoxy) is 1. The molecular formula is C13H14BrNO3. The quantitative estimate of drug-likeness (QED) is 0.848. The van der Waals surface area contributed by atoms with Gasteiger partial charge in [0.25, 0.3) is 0 Å². The van der Waals surface area contributed by atoms with Crippen LogP contribution in [0.1, 0.15) is 23.2 Å². The number of Topliss-reactive ketones (excluding diaryl/α,β-unsaturated/α-hetero) is 1. The van der Waals surface area contributed by atoms with E-state index in [1.165, 1.54) is 7.11 Å². The van der Waals surface area contributed by atoms with E-state index in [1.54, 1.807) is 18.2 Å². The molecule has 1 aromatic rings. The molecule has 0 radical (unpaired) electrons. The Balaban J connectivity index is 2.03. The van der Waals surface area contributed by atoms with Crippen molar-refractivity contribution < 1.29 is 14.3 Å². The van der Waals surface area contributed by atoms with Gasteiger partial charge in [0.05, 0.1) is 19.2 Å². The van der Waals surface area contributed by atoms with Crippen molar-refractivity contribution in [2.75, 3.05) is 13.7 Å². The molecule has 2 rings (SSSR count). The number of halogens is 1. The Labute approximate surface area is 114 Å². The monoisotopic (exact) mass is 311 g/mol. The molecule has 0 atom stereocenters. The predicted octanol–water partition coefficient (Wildman–Crippen LogP) is 2.17. The van der Waals surface area contributed by atoms with Crippen molar-refractivity contribution in [1.29, 1.82) is 0 Å². The van der Waals surface area contributed by atoms with Crippen LogP contribution >= 0.6 is 15.9 Å².